The van der Waals surface area contributed by atoms with Crippen molar-refractivity contribution in [3.63, 3.8) is 0 Å². The number of carboxylic acid groups (broad SMARTS) is 1. The van der Waals surface area contributed by atoms with Crippen LogP contribution in [0.15, 0.2) is 0 Å². The smallest absolute Gasteiger partial charge is 0.321 e. The Balaban J connectivity index is 3.34. The third-order valence-electron chi connectivity index (χ3n) is 0.514. The van der Waals surface area contributed by atoms with Gasteiger partial charge in [-0.3, -0.25) is 4.79 Å². The Bertz CT molecular complexity index is 75.3. The first-order valence-electron chi connectivity index (χ1n) is 1.77. The van der Waals surface area contributed by atoms with E-state index in [1.165, 1.54) is 0 Å². The van der Waals surface area contributed by atoms with Crippen molar-refractivity contribution in [1.29, 1.82) is 0 Å². The van der Waals surface area contributed by atoms with Crippen LogP contribution in [0.2, 0.25) is 0 Å². The van der Waals surface area contributed by atoms with Gasteiger partial charge in [0.05, 0.1) is 0 Å². The standard InChI is InChI=1S/C3H7NO2S/c4-2(1-7)3(5)6/h2,7H,1,4H2,(H,5,6)/t2-/m0/s1/i4+1. The molecule has 42 valence electrons. The quantitative estimate of drug-likeness (QED) is 0.336. The van der Waals surface area contributed by atoms with Gasteiger partial charge in [0.2, 0.25) is 0 Å². The summed E-state index contributed by atoms with van der Waals surface area (Å²) >= 11 is 3.65. The molecular weight excluding hydrogens is 115 g/mol. The molecule has 0 unspecified atom stereocenters. The van der Waals surface area contributed by atoms with Crippen molar-refractivity contribution in [3.05, 3.63) is 0 Å². The van der Waals surface area contributed by atoms with E-state index < -0.39 is 12.0 Å². The van der Waals surface area contributed by atoms with Crippen molar-refractivity contribution >= 4 is 18.6 Å². The molecular formula is C3H7NO2S. The van der Waals surface area contributed by atoms with E-state index in [9.17, 15) is 4.79 Å². The second-order valence-corrected chi connectivity index (χ2v) is 1.49. The van der Waals surface area contributed by atoms with Crippen LogP contribution in [-0.4, -0.2) is 22.9 Å². The predicted octanol–water partition coefficient (Wildman–Crippen LogP) is -0.672. The Morgan fingerprint density at radius 1 is 2.00 bits per heavy atom. The Labute approximate surface area is 46.9 Å². The molecule has 0 saturated heterocycles. The summed E-state index contributed by atoms with van der Waals surface area (Å²) in [7, 11) is 0. The van der Waals surface area contributed by atoms with Crippen LogP contribution >= 0.6 is 12.6 Å². The summed E-state index contributed by atoms with van der Waals surface area (Å²) in [5.74, 6) is -0.815. The number of hydrogen-bond acceptors (Lipinski definition) is 3. The van der Waals surface area contributed by atoms with Crippen LogP contribution in [0.4, 0.5) is 0 Å². The van der Waals surface area contributed by atoms with Gasteiger partial charge in [-0.1, -0.05) is 0 Å². The van der Waals surface area contributed by atoms with Gasteiger partial charge in [-0.25, -0.2) is 0 Å². The highest BCUT2D eigenvalue weighted by molar-refractivity contribution is 7.80. The first kappa shape index (κ1) is 6.78. The minimum atomic E-state index is -1.00. The average Bonchev–Trinajstić information content (AvgIpc) is 1.65. The van der Waals surface area contributed by atoms with Gasteiger partial charge in [0, 0.05) is 5.75 Å². The van der Waals surface area contributed by atoms with Crippen molar-refractivity contribution in [2.24, 2.45) is 5.73 Å². The van der Waals surface area contributed by atoms with E-state index in [4.69, 9.17) is 10.8 Å². The number of carbonyl (C=O) groups is 1. The SMILES string of the molecule is [15NH2][C@@H](CS)C(=O)O. The molecule has 0 heterocycles. The van der Waals surface area contributed by atoms with Gasteiger partial charge < -0.3 is 10.8 Å². The first-order valence-corrected chi connectivity index (χ1v) is 2.41. The van der Waals surface area contributed by atoms with E-state index in [0.717, 1.165) is 0 Å². The highest BCUT2D eigenvalue weighted by Gasteiger charge is 2.06. The van der Waals surface area contributed by atoms with Crippen molar-refractivity contribution in [1.82, 2.24) is 0 Å². The fourth-order valence-corrected chi connectivity index (χ4v) is 0.234. The van der Waals surface area contributed by atoms with Crippen molar-refractivity contribution in [2.75, 3.05) is 5.75 Å². The molecule has 3 nitrogen and oxygen atoms in total. The number of nitrogens with two attached hydrogens (primary N) is 1. The molecule has 0 spiro atoms. The zero-order chi connectivity index (χ0) is 5.86. The van der Waals surface area contributed by atoms with Gasteiger partial charge >= 0.3 is 5.97 Å². The summed E-state index contributed by atoms with van der Waals surface area (Å²) < 4.78 is 0. The monoisotopic (exact) mass is 122 g/mol. The van der Waals surface area contributed by atoms with Crippen LogP contribution in [0.5, 0.6) is 0 Å². The lowest BCUT2D eigenvalue weighted by Crippen LogP contribution is -2.31. The molecule has 1 atom stereocenters. The third-order valence-corrected chi connectivity index (χ3v) is 0.907. The summed E-state index contributed by atoms with van der Waals surface area (Å²) in [5.41, 5.74) is 4.94. The number of hydrogen-bond donors (Lipinski definition) is 3. The van der Waals surface area contributed by atoms with Gasteiger partial charge in [-0.05, 0) is 0 Å². The van der Waals surface area contributed by atoms with E-state index in [0.29, 0.717) is 0 Å². The normalized spacial score (nSPS) is 13.4. The largest absolute Gasteiger partial charge is 0.480 e. The minimum absolute atomic E-state index is 0.190. The number of carboxylic acids is 1. The maximum atomic E-state index is 9.76. The molecule has 7 heavy (non-hydrogen) atoms. The van der Waals surface area contributed by atoms with Crippen molar-refractivity contribution < 1.29 is 9.90 Å². The van der Waals surface area contributed by atoms with E-state index in [1.54, 1.807) is 0 Å². The molecule has 0 radical (unpaired) electrons. The third kappa shape index (κ3) is 2.47. The van der Waals surface area contributed by atoms with Crippen LogP contribution in [0.25, 0.3) is 0 Å². The van der Waals surface area contributed by atoms with E-state index in [1.807, 2.05) is 0 Å². The second-order valence-electron chi connectivity index (χ2n) is 1.13. The topological polar surface area (TPSA) is 63.3 Å². The molecule has 0 aromatic carbocycles. The molecule has 4 heteroatoms. The average molecular weight is 122 g/mol. The summed E-state index contributed by atoms with van der Waals surface area (Å²) in [6.45, 7) is 0. The molecule has 0 saturated carbocycles. The first-order chi connectivity index (χ1) is 3.18. The summed E-state index contributed by atoms with van der Waals surface area (Å²) in [6, 6.07) is -0.816. The molecule has 3 N–H and O–H groups in total. The van der Waals surface area contributed by atoms with Gasteiger partial charge in [-0.2, -0.15) is 12.6 Å². The fourth-order valence-electron chi connectivity index (χ4n) is 0.0781. The van der Waals surface area contributed by atoms with E-state index in [-0.39, 0.29) is 5.75 Å². The molecule has 0 bridgehead atoms. The van der Waals surface area contributed by atoms with Crippen LogP contribution in [0, 0.1) is 0 Å². The van der Waals surface area contributed by atoms with Crippen LogP contribution in [0.3, 0.4) is 0 Å². The molecule has 0 aliphatic heterocycles. The minimum Gasteiger partial charge on any atom is -0.480 e. The van der Waals surface area contributed by atoms with Gasteiger partial charge in [0.1, 0.15) is 6.04 Å². The molecule has 0 aliphatic rings. The molecule has 0 amide bonds. The zero-order valence-electron chi connectivity index (χ0n) is 3.66. The molecule has 0 rings (SSSR count). The lowest BCUT2D eigenvalue weighted by Gasteiger charge is -1.96. The van der Waals surface area contributed by atoms with Crippen molar-refractivity contribution in [2.45, 2.75) is 6.04 Å². The maximum Gasteiger partial charge on any atom is 0.321 e. The number of thiol groups is 1. The Morgan fingerprint density at radius 2 is 2.43 bits per heavy atom. The summed E-state index contributed by atoms with van der Waals surface area (Å²) in [6.07, 6.45) is 0. The molecule has 0 fully saturated rings. The number of rotatable bonds is 2. The molecule has 0 aliphatic carbocycles. The fraction of sp³-hybridized carbons (Fsp3) is 0.667. The second kappa shape index (κ2) is 2.87. The van der Waals surface area contributed by atoms with Crippen molar-refractivity contribution in [3.8, 4) is 0 Å². The van der Waals surface area contributed by atoms with Crippen LogP contribution < -0.4 is 5.73 Å². The lowest BCUT2D eigenvalue weighted by molar-refractivity contribution is -0.137. The van der Waals surface area contributed by atoms with Gasteiger partial charge in [0.15, 0.2) is 0 Å². The highest BCUT2D eigenvalue weighted by atomic mass is 32.1. The Kier molecular flexibility index (Phi) is 2.78. The zero-order valence-corrected chi connectivity index (χ0v) is 4.56. The van der Waals surface area contributed by atoms with Crippen LogP contribution in [-0.2, 0) is 4.79 Å². The summed E-state index contributed by atoms with van der Waals surface area (Å²) in [4.78, 5) is 9.76. The maximum absolute atomic E-state index is 9.76. The predicted molar refractivity (Wildman–Crippen MR) is 29.5 cm³/mol. The van der Waals surface area contributed by atoms with Gasteiger partial charge in [0.25, 0.3) is 0 Å². The highest BCUT2D eigenvalue weighted by Crippen LogP contribution is 1.80. The molecule has 0 aromatic heterocycles. The summed E-state index contributed by atoms with van der Waals surface area (Å²) in [5, 5.41) is 8.01. The van der Waals surface area contributed by atoms with E-state index in [2.05, 4.69) is 12.6 Å². The number of aliphatic carboxylic acids is 1. The Morgan fingerprint density at radius 3 is 2.43 bits per heavy atom. The van der Waals surface area contributed by atoms with Gasteiger partial charge in [-0.15, -0.1) is 0 Å². The molecule has 0 aromatic rings. The van der Waals surface area contributed by atoms with E-state index >= 15 is 0 Å². The Hall–Kier alpha value is -0.220. The van der Waals surface area contributed by atoms with Crippen LogP contribution in [0.1, 0.15) is 0 Å². The lowest BCUT2D eigenvalue weighted by atomic mass is 10.4.